The minimum Gasteiger partial charge on any atom is -0.447 e. The lowest BCUT2D eigenvalue weighted by atomic mass is 10.3. The molecule has 0 fully saturated rings. The molecule has 0 aliphatic carbocycles. The van der Waals surface area contributed by atoms with Gasteiger partial charge in [-0.05, 0) is 45.0 Å². The van der Waals surface area contributed by atoms with Crippen LogP contribution in [0.3, 0.4) is 0 Å². The van der Waals surface area contributed by atoms with Crippen LogP contribution in [0.1, 0.15) is 28.9 Å². The number of aromatic nitrogens is 4. The van der Waals surface area contributed by atoms with Crippen molar-refractivity contribution < 1.29 is 14.3 Å². The van der Waals surface area contributed by atoms with Crippen molar-refractivity contribution in [2.24, 2.45) is 0 Å². The fourth-order valence-corrected chi connectivity index (χ4v) is 2.68. The molecular formula is C17H15Cl2N5O3. The standard InChI is InChI=1S/C17H15Cl2N5O3/c1-8-6-9(2)24-17(20-8)22-14(23-24)16(26)27-10(3)15(25)21-13-7-11(18)4-5-12(13)19/h4-7,10H,1-3H3,(H,21,25)/t10-/m0/s1. The summed E-state index contributed by atoms with van der Waals surface area (Å²) in [4.78, 5) is 32.8. The highest BCUT2D eigenvalue weighted by molar-refractivity contribution is 6.35. The van der Waals surface area contributed by atoms with Crippen LogP contribution in [0, 0.1) is 13.8 Å². The third-order valence-corrected chi connectivity index (χ3v) is 4.20. The molecule has 0 saturated carbocycles. The molecule has 0 aliphatic rings. The summed E-state index contributed by atoms with van der Waals surface area (Å²) in [7, 11) is 0. The average Bonchev–Trinajstić information content (AvgIpc) is 3.02. The van der Waals surface area contributed by atoms with E-state index in [1.54, 1.807) is 12.1 Å². The highest BCUT2D eigenvalue weighted by Gasteiger charge is 2.23. The topological polar surface area (TPSA) is 98.5 Å². The Balaban J connectivity index is 1.72. The van der Waals surface area contributed by atoms with Crippen LogP contribution in [-0.4, -0.2) is 37.6 Å². The molecule has 10 heteroatoms. The van der Waals surface area contributed by atoms with E-state index in [1.807, 2.05) is 19.9 Å². The minimum atomic E-state index is -1.10. The van der Waals surface area contributed by atoms with Gasteiger partial charge in [-0.3, -0.25) is 4.79 Å². The first-order valence-electron chi connectivity index (χ1n) is 7.92. The summed E-state index contributed by atoms with van der Waals surface area (Å²) in [6.45, 7) is 5.05. The highest BCUT2D eigenvalue weighted by atomic mass is 35.5. The second kappa shape index (κ2) is 7.50. The Morgan fingerprint density at radius 2 is 1.93 bits per heavy atom. The van der Waals surface area contributed by atoms with Crippen molar-refractivity contribution in [2.75, 3.05) is 5.32 Å². The lowest BCUT2D eigenvalue weighted by Crippen LogP contribution is -2.30. The fraction of sp³-hybridized carbons (Fsp3) is 0.235. The Bertz CT molecular complexity index is 1050. The number of fused-ring (bicyclic) bond motifs is 1. The lowest BCUT2D eigenvalue weighted by molar-refractivity contribution is -0.123. The number of esters is 1. The van der Waals surface area contributed by atoms with E-state index in [0.717, 1.165) is 11.4 Å². The normalized spacial score (nSPS) is 12.0. The van der Waals surface area contributed by atoms with Crippen molar-refractivity contribution in [3.63, 3.8) is 0 Å². The molecule has 1 amide bonds. The number of hydrogen-bond acceptors (Lipinski definition) is 6. The van der Waals surface area contributed by atoms with Crippen molar-refractivity contribution in [3.8, 4) is 0 Å². The van der Waals surface area contributed by atoms with Gasteiger partial charge in [0.2, 0.25) is 0 Å². The Hall–Kier alpha value is -2.71. The molecule has 0 spiro atoms. The van der Waals surface area contributed by atoms with Crippen LogP contribution in [0.2, 0.25) is 10.0 Å². The largest absolute Gasteiger partial charge is 0.447 e. The maximum absolute atomic E-state index is 12.3. The lowest BCUT2D eigenvalue weighted by Gasteiger charge is -2.13. The molecule has 0 bridgehead atoms. The smallest absolute Gasteiger partial charge is 0.379 e. The Morgan fingerprint density at radius 1 is 1.19 bits per heavy atom. The predicted octanol–water partition coefficient (Wildman–Crippen LogP) is 3.23. The van der Waals surface area contributed by atoms with Gasteiger partial charge in [0.1, 0.15) is 0 Å². The molecule has 2 heterocycles. The number of carbonyl (C=O) groups excluding carboxylic acids is 2. The number of nitrogens with zero attached hydrogens (tertiary/aromatic N) is 4. The number of anilines is 1. The van der Waals surface area contributed by atoms with E-state index in [1.165, 1.54) is 17.5 Å². The monoisotopic (exact) mass is 407 g/mol. The van der Waals surface area contributed by atoms with Crippen LogP contribution in [0.4, 0.5) is 5.69 Å². The number of ether oxygens (including phenoxy) is 1. The summed E-state index contributed by atoms with van der Waals surface area (Å²) in [6, 6.07) is 6.45. The Morgan fingerprint density at radius 3 is 2.67 bits per heavy atom. The van der Waals surface area contributed by atoms with E-state index < -0.39 is 18.0 Å². The number of aryl methyl sites for hydroxylation is 2. The molecule has 8 nitrogen and oxygen atoms in total. The molecule has 0 aliphatic heterocycles. The van der Waals surface area contributed by atoms with Gasteiger partial charge in [0.05, 0.1) is 10.7 Å². The molecule has 0 unspecified atom stereocenters. The van der Waals surface area contributed by atoms with Gasteiger partial charge in [-0.1, -0.05) is 23.2 Å². The van der Waals surface area contributed by atoms with E-state index in [4.69, 9.17) is 27.9 Å². The molecule has 27 heavy (non-hydrogen) atoms. The molecule has 3 aromatic rings. The van der Waals surface area contributed by atoms with E-state index in [0.29, 0.717) is 15.7 Å². The van der Waals surface area contributed by atoms with Crippen LogP contribution in [0.25, 0.3) is 5.78 Å². The van der Waals surface area contributed by atoms with Gasteiger partial charge in [-0.15, -0.1) is 5.10 Å². The van der Waals surface area contributed by atoms with Gasteiger partial charge >= 0.3 is 5.97 Å². The van der Waals surface area contributed by atoms with Crippen molar-refractivity contribution in [3.05, 3.63) is 51.5 Å². The van der Waals surface area contributed by atoms with Gasteiger partial charge in [0.15, 0.2) is 6.10 Å². The van der Waals surface area contributed by atoms with Crippen LogP contribution in [0.5, 0.6) is 0 Å². The molecular weight excluding hydrogens is 393 g/mol. The molecule has 1 atom stereocenters. The zero-order valence-corrected chi connectivity index (χ0v) is 16.2. The van der Waals surface area contributed by atoms with Crippen molar-refractivity contribution in [2.45, 2.75) is 26.9 Å². The van der Waals surface area contributed by atoms with E-state index in [-0.39, 0.29) is 11.6 Å². The van der Waals surface area contributed by atoms with Gasteiger partial charge in [-0.2, -0.15) is 4.98 Å². The highest BCUT2D eigenvalue weighted by Crippen LogP contribution is 2.25. The number of halogens is 2. The molecule has 1 N–H and O–H groups in total. The van der Waals surface area contributed by atoms with Crippen molar-refractivity contribution >= 4 is 46.5 Å². The second-order valence-electron chi connectivity index (χ2n) is 5.85. The first-order chi connectivity index (χ1) is 12.7. The average molecular weight is 408 g/mol. The molecule has 2 aromatic heterocycles. The zero-order chi connectivity index (χ0) is 19.7. The maximum atomic E-state index is 12.3. The van der Waals surface area contributed by atoms with E-state index >= 15 is 0 Å². The van der Waals surface area contributed by atoms with Crippen LogP contribution >= 0.6 is 23.2 Å². The van der Waals surface area contributed by atoms with Crippen molar-refractivity contribution in [1.82, 2.24) is 19.6 Å². The minimum absolute atomic E-state index is 0.184. The van der Waals surface area contributed by atoms with Crippen LogP contribution in [-0.2, 0) is 9.53 Å². The number of carbonyl (C=O) groups is 2. The third kappa shape index (κ3) is 4.17. The SMILES string of the molecule is Cc1cc(C)n2nc(C(=O)O[C@@H](C)C(=O)Nc3cc(Cl)ccc3Cl)nc2n1. The van der Waals surface area contributed by atoms with Gasteiger partial charge in [0, 0.05) is 16.4 Å². The number of hydrogen-bond donors (Lipinski definition) is 1. The molecule has 3 rings (SSSR count). The summed E-state index contributed by atoms with van der Waals surface area (Å²) >= 11 is 11.9. The zero-order valence-electron chi connectivity index (χ0n) is 14.7. The second-order valence-corrected chi connectivity index (χ2v) is 6.69. The Labute approximate surface area is 164 Å². The quantitative estimate of drug-likeness (QED) is 0.666. The third-order valence-electron chi connectivity index (χ3n) is 3.64. The molecule has 1 aromatic carbocycles. The molecule has 140 valence electrons. The van der Waals surface area contributed by atoms with Crippen LogP contribution < -0.4 is 5.32 Å². The molecule has 0 radical (unpaired) electrons. The summed E-state index contributed by atoms with van der Waals surface area (Å²) in [6.07, 6.45) is -1.10. The van der Waals surface area contributed by atoms with Gasteiger partial charge in [0.25, 0.3) is 17.5 Å². The number of amides is 1. The number of benzene rings is 1. The van der Waals surface area contributed by atoms with E-state index in [2.05, 4.69) is 20.4 Å². The predicted molar refractivity (Wildman–Crippen MR) is 100 cm³/mol. The van der Waals surface area contributed by atoms with Gasteiger partial charge < -0.3 is 10.1 Å². The Kier molecular flexibility index (Phi) is 5.29. The summed E-state index contributed by atoms with van der Waals surface area (Å²) in [5, 5.41) is 7.35. The van der Waals surface area contributed by atoms with Crippen LogP contribution in [0.15, 0.2) is 24.3 Å². The summed E-state index contributed by atoms with van der Waals surface area (Å²) < 4.78 is 6.58. The summed E-state index contributed by atoms with van der Waals surface area (Å²) in [5.74, 6) is -1.31. The maximum Gasteiger partial charge on any atom is 0.379 e. The fourth-order valence-electron chi connectivity index (χ4n) is 2.35. The van der Waals surface area contributed by atoms with Crippen molar-refractivity contribution in [1.29, 1.82) is 0 Å². The van der Waals surface area contributed by atoms with Gasteiger partial charge in [-0.25, -0.2) is 14.3 Å². The summed E-state index contributed by atoms with van der Waals surface area (Å²) in [5.41, 5.74) is 1.84. The molecule has 0 saturated heterocycles. The number of rotatable bonds is 4. The first-order valence-corrected chi connectivity index (χ1v) is 8.68. The van der Waals surface area contributed by atoms with E-state index in [9.17, 15) is 9.59 Å². The first kappa shape index (κ1) is 19.1. The number of nitrogens with one attached hydrogen (secondary N) is 1.